The third-order valence-corrected chi connectivity index (χ3v) is 6.64. The zero-order valence-corrected chi connectivity index (χ0v) is 18.3. The molecule has 3 rings (SSSR count). The van der Waals surface area contributed by atoms with Crippen molar-refractivity contribution in [2.45, 2.75) is 78.0 Å². The highest BCUT2D eigenvalue weighted by Crippen LogP contribution is 2.43. The SMILES string of the molecule is CCOC(=O)C1CCN(C(=O)C2COC3(CCCC(C)C3)N2C(=O)C(C)C)CC1. The minimum atomic E-state index is -0.636. The van der Waals surface area contributed by atoms with Crippen molar-refractivity contribution in [1.29, 1.82) is 0 Å². The summed E-state index contributed by atoms with van der Waals surface area (Å²) < 4.78 is 11.4. The molecule has 164 valence electrons. The van der Waals surface area contributed by atoms with Crippen LogP contribution in [0.2, 0.25) is 0 Å². The molecule has 3 unspecified atom stereocenters. The molecule has 0 radical (unpaired) electrons. The van der Waals surface area contributed by atoms with Crippen molar-refractivity contribution in [3.05, 3.63) is 0 Å². The number of amides is 2. The fourth-order valence-corrected chi connectivity index (χ4v) is 5.11. The quantitative estimate of drug-likeness (QED) is 0.668. The number of hydrogen-bond acceptors (Lipinski definition) is 5. The van der Waals surface area contributed by atoms with Gasteiger partial charge in [0.1, 0.15) is 11.8 Å². The lowest BCUT2D eigenvalue weighted by Crippen LogP contribution is -2.59. The van der Waals surface area contributed by atoms with Crippen LogP contribution in [-0.4, -0.2) is 65.7 Å². The maximum Gasteiger partial charge on any atom is 0.309 e. The van der Waals surface area contributed by atoms with E-state index in [0.29, 0.717) is 38.5 Å². The van der Waals surface area contributed by atoms with Crippen molar-refractivity contribution >= 4 is 17.8 Å². The Labute approximate surface area is 174 Å². The molecule has 29 heavy (non-hydrogen) atoms. The molecule has 2 amide bonds. The summed E-state index contributed by atoms with van der Waals surface area (Å²) in [4.78, 5) is 42.1. The molecule has 2 heterocycles. The van der Waals surface area contributed by atoms with E-state index in [9.17, 15) is 14.4 Å². The number of carbonyl (C=O) groups excluding carboxylic acids is 3. The van der Waals surface area contributed by atoms with E-state index in [1.807, 2.05) is 13.8 Å². The standard InChI is InChI=1S/C22H36N2O5/c1-5-28-21(27)17-8-11-23(12-9-17)20(26)18-14-29-22(10-6-7-16(4)13-22)24(18)19(25)15(2)3/h15-18H,5-14H2,1-4H3. The minimum absolute atomic E-state index is 0.00337. The number of esters is 1. The van der Waals surface area contributed by atoms with Crippen LogP contribution in [0.15, 0.2) is 0 Å². The first-order valence-corrected chi connectivity index (χ1v) is 11.2. The second-order valence-electron chi connectivity index (χ2n) is 9.19. The van der Waals surface area contributed by atoms with Gasteiger partial charge >= 0.3 is 5.97 Å². The Balaban J connectivity index is 1.72. The van der Waals surface area contributed by atoms with Gasteiger partial charge in [-0.15, -0.1) is 0 Å². The molecule has 0 N–H and O–H groups in total. The number of carbonyl (C=O) groups is 3. The number of ether oxygens (including phenoxy) is 2. The van der Waals surface area contributed by atoms with Gasteiger partial charge in [-0.3, -0.25) is 19.3 Å². The van der Waals surface area contributed by atoms with Gasteiger partial charge in [-0.05, 0) is 44.9 Å². The maximum absolute atomic E-state index is 13.4. The van der Waals surface area contributed by atoms with Crippen LogP contribution in [0.3, 0.4) is 0 Å². The molecule has 0 aromatic rings. The van der Waals surface area contributed by atoms with Crippen molar-refractivity contribution in [2.75, 3.05) is 26.3 Å². The molecule has 0 aromatic heterocycles. The van der Waals surface area contributed by atoms with E-state index >= 15 is 0 Å². The molecule has 3 atom stereocenters. The molecule has 3 aliphatic rings. The Kier molecular flexibility index (Phi) is 6.87. The number of nitrogens with zero attached hydrogens (tertiary/aromatic N) is 2. The fourth-order valence-electron chi connectivity index (χ4n) is 5.11. The van der Waals surface area contributed by atoms with Gasteiger partial charge in [0.05, 0.1) is 19.1 Å². The van der Waals surface area contributed by atoms with E-state index in [0.717, 1.165) is 25.7 Å². The van der Waals surface area contributed by atoms with Gasteiger partial charge in [-0.2, -0.15) is 0 Å². The van der Waals surface area contributed by atoms with Crippen LogP contribution in [-0.2, 0) is 23.9 Å². The molecule has 0 aromatic carbocycles. The van der Waals surface area contributed by atoms with Crippen LogP contribution in [0.5, 0.6) is 0 Å². The average molecular weight is 409 g/mol. The van der Waals surface area contributed by atoms with Gasteiger partial charge in [-0.1, -0.05) is 27.2 Å². The summed E-state index contributed by atoms with van der Waals surface area (Å²) >= 11 is 0. The fraction of sp³-hybridized carbons (Fsp3) is 0.864. The predicted molar refractivity (Wildman–Crippen MR) is 108 cm³/mol. The number of rotatable bonds is 4. The first kappa shape index (κ1) is 22.1. The largest absolute Gasteiger partial charge is 0.466 e. The lowest BCUT2D eigenvalue weighted by Gasteiger charge is -2.45. The van der Waals surface area contributed by atoms with Gasteiger partial charge in [0.2, 0.25) is 11.8 Å². The van der Waals surface area contributed by atoms with E-state index < -0.39 is 11.8 Å². The van der Waals surface area contributed by atoms with Crippen LogP contribution in [0.4, 0.5) is 0 Å². The van der Waals surface area contributed by atoms with Crippen molar-refractivity contribution in [1.82, 2.24) is 9.80 Å². The summed E-state index contributed by atoms with van der Waals surface area (Å²) in [6, 6.07) is -0.561. The third kappa shape index (κ3) is 4.44. The average Bonchev–Trinajstić information content (AvgIpc) is 3.04. The van der Waals surface area contributed by atoms with Gasteiger partial charge in [0.15, 0.2) is 0 Å². The summed E-state index contributed by atoms with van der Waals surface area (Å²) in [5.74, 6) is -0.0721. The number of hydrogen-bond donors (Lipinski definition) is 0. The van der Waals surface area contributed by atoms with Crippen LogP contribution in [0.25, 0.3) is 0 Å². The smallest absolute Gasteiger partial charge is 0.309 e. The molecule has 2 saturated heterocycles. The Morgan fingerprint density at radius 1 is 1.17 bits per heavy atom. The predicted octanol–water partition coefficient (Wildman–Crippen LogP) is 2.58. The van der Waals surface area contributed by atoms with Gasteiger partial charge < -0.3 is 14.4 Å². The summed E-state index contributed by atoms with van der Waals surface area (Å²) in [7, 11) is 0. The molecule has 7 heteroatoms. The number of likely N-dealkylation sites (tertiary alicyclic amines) is 1. The Morgan fingerprint density at radius 3 is 2.45 bits per heavy atom. The minimum Gasteiger partial charge on any atom is -0.466 e. The summed E-state index contributed by atoms with van der Waals surface area (Å²) in [6.07, 6.45) is 4.95. The monoisotopic (exact) mass is 408 g/mol. The van der Waals surface area contributed by atoms with E-state index in [2.05, 4.69) is 6.92 Å². The van der Waals surface area contributed by atoms with Crippen LogP contribution >= 0.6 is 0 Å². The van der Waals surface area contributed by atoms with E-state index in [4.69, 9.17) is 9.47 Å². The zero-order valence-electron chi connectivity index (χ0n) is 18.3. The molecular weight excluding hydrogens is 372 g/mol. The highest BCUT2D eigenvalue weighted by molar-refractivity contribution is 5.89. The maximum atomic E-state index is 13.4. The van der Waals surface area contributed by atoms with Gasteiger partial charge in [0, 0.05) is 19.0 Å². The molecule has 1 aliphatic carbocycles. The third-order valence-electron chi connectivity index (χ3n) is 6.64. The Morgan fingerprint density at radius 2 is 1.86 bits per heavy atom. The number of piperidine rings is 1. The molecule has 7 nitrogen and oxygen atoms in total. The highest BCUT2D eigenvalue weighted by Gasteiger charge is 2.54. The van der Waals surface area contributed by atoms with Crippen molar-refractivity contribution in [3.63, 3.8) is 0 Å². The zero-order chi connectivity index (χ0) is 21.2. The lowest BCUT2D eigenvalue weighted by molar-refractivity contribution is -0.167. The summed E-state index contributed by atoms with van der Waals surface area (Å²) in [5, 5.41) is 0. The van der Waals surface area contributed by atoms with Gasteiger partial charge in [0.25, 0.3) is 0 Å². The van der Waals surface area contributed by atoms with Gasteiger partial charge in [-0.25, -0.2) is 0 Å². The second kappa shape index (κ2) is 9.02. The van der Waals surface area contributed by atoms with Crippen molar-refractivity contribution in [2.24, 2.45) is 17.8 Å². The topological polar surface area (TPSA) is 76.2 Å². The lowest BCUT2D eigenvalue weighted by atomic mass is 9.82. The highest BCUT2D eigenvalue weighted by atomic mass is 16.5. The molecular formula is C22H36N2O5. The first-order valence-electron chi connectivity index (χ1n) is 11.2. The summed E-state index contributed by atoms with van der Waals surface area (Å²) in [5.41, 5.74) is -0.636. The van der Waals surface area contributed by atoms with E-state index in [-0.39, 0.29) is 36.2 Å². The summed E-state index contributed by atoms with van der Waals surface area (Å²) in [6.45, 7) is 9.44. The van der Waals surface area contributed by atoms with Crippen LogP contribution < -0.4 is 0 Å². The van der Waals surface area contributed by atoms with Crippen molar-refractivity contribution < 1.29 is 23.9 Å². The second-order valence-corrected chi connectivity index (χ2v) is 9.19. The van der Waals surface area contributed by atoms with E-state index in [1.54, 1.807) is 16.7 Å². The normalized spacial score (nSPS) is 30.8. The van der Waals surface area contributed by atoms with Crippen LogP contribution in [0, 0.1) is 17.8 Å². The molecule has 1 saturated carbocycles. The van der Waals surface area contributed by atoms with Crippen molar-refractivity contribution in [3.8, 4) is 0 Å². The van der Waals surface area contributed by atoms with E-state index in [1.165, 1.54) is 0 Å². The molecule has 0 bridgehead atoms. The first-order chi connectivity index (χ1) is 13.8. The Bertz CT molecular complexity index is 629. The molecule has 2 aliphatic heterocycles. The molecule has 3 fully saturated rings. The Hall–Kier alpha value is -1.63. The van der Waals surface area contributed by atoms with Crippen LogP contribution in [0.1, 0.15) is 66.2 Å². The molecule has 1 spiro atoms.